The zero-order valence-corrected chi connectivity index (χ0v) is 9.32. The lowest BCUT2D eigenvalue weighted by Crippen LogP contribution is -1.87. The first-order chi connectivity index (χ1) is 5.74. The van der Waals surface area contributed by atoms with Gasteiger partial charge in [0.1, 0.15) is 0 Å². The molecule has 0 fully saturated rings. The van der Waals surface area contributed by atoms with Gasteiger partial charge in [-0.25, -0.2) is 0 Å². The van der Waals surface area contributed by atoms with Crippen molar-refractivity contribution in [3.05, 3.63) is 33.8 Å². The lowest BCUT2D eigenvalue weighted by molar-refractivity contribution is 0.792. The quantitative estimate of drug-likeness (QED) is 0.729. The summed E-state index contributed by atoms with van der Waals surface area (Å²) in [6.45, 7) is 4.37. The predicted molar refractivity (Wildman–Crippen MR) is 57.5 cm³/mol. The number of benzene rings is 1. The molecule has 1 aromatic carbocycles. The van der Waals surface area contributed by atoms with Crippen molar-refractivity contribution in [1.29, 1.82) is 0 Å². The van der Waals surface area contributed by atoms with Gasteiger partial charge in [0.15, 0.2) is 0 Å². The van der Waals surface area contributed by atoms with Gasteiger partial charge in [0.2, 0.25) is 0 Å². The van der Waals surface area contributed by atoms with Crippen molar-refractivity contribution in [2.75, 3.05) is 0 Å². The molecular weight excluding hydrogens is 212 g/mol. The first kappa shape index (κ1) is 9.79. The van der Waals surface area contributed by atoms with Gasteiger partial charge >= 0.3 is 0 Å². The second-order valence-electron chi connectivity index (χ2n) is 3.20. The van der Waals surface area contributed by atoms with E-state index in [0.29, 0.717) is 0 Å². The number of hydrogen-bond donors (Lipinski definition) is 0. The third-order valence-electron chi connectivity index (χ3n) is 2.00. The molecule has 0 N–H and O–H groups in total. The molecule has 12 heavy (non-hydrogen) atoms. The van der Waals surface area contributed by atoms with Crippen LogP contribution < -0.4 is 0 Å². The molecule has 0 amide bonds. The van der Waals surface area contributed by atoms with Crippen LogP contribution in [0.3, 0.4) is 0 Å². The van der Waals surface area contributed by atoms with E-state index < -0.39 is 0 Å². The fourth-order valence-electron chi connectivity index (χ4n) is 1.26. The summed E-state index contributed by atoms with van der Waals surface area (Å²) in [5.41, 5.74) is 2.79. The smallest absolute Gasteiger partial charge is 0.0207 e. The maximum Gasteiger partial charge on any atom is 0.0207 e. The Kier molecular flexibility index (Phi) is 3.80. The average Bonchev–Trinajstić information content (AvgIpc) is 2.07. The molecule has 0 unspecified atom stereocenters. The van der Waals surface area contributed by atoms with Gasteiger partial charge in [-0.1, -0.05) is 47.0 Å². The van der Waals surface area contributed by atoms with Gasteiger partial charge < -0.3 is 0 Å². The second kappa shape index (κ2) is 4.66. The highest BCUT2D eigenvalue weighted by atomic mass is 79.9. The summed E-state index contributed by atoms with van der Waals surface area (Å²) in [6, 6.07) is 6.54. The first-order valence-corrected chi connectivity index (χ1v) is 5.28. The van der Waals surface area contributed by atoms with Gasteiger partial charge in [0, 0.05) is 4.47 Å². The van der Waals surface area contributed by atoms with E-state index in [1.807, 2.05) is 0 Å². The Hall–Kier alpha value is -0.300. The lowest BCUT2D eigenvalue weighted by Gasteiger charge is -2.04. The van der Waals surface area contributed by atoms with E-state index in [1.54, 1.807) is 0 Å². The molecular formula is C11H15Br. The van der Waals surface area contributed by atoms with Crippen LogP contribution in [0.1, 0.15) is 30.9 Å². The maximum atomic E-state index is 3.56. The summed E-state index contributed by atoms with van der Waals surface area (Å²) >= 11 is 3.56. The van der Waals surface area contributed by atoms with Crippen LogP contribution in [0.25, 0.3) is 0 Å². The molecule has 0 bridgehead atoms. The average molecular weight is 227 g/mol. The minimum atomic E-state index is 1.19. The highest BCUT2D eigenvalue weighted by Gasteiger charge is 1.98. The molecule has 0 aliphatic carbocycles. The number of aryl methyl sites for hydroxylation is 2. The van der Waals surface area contributed by atoms with Crippen LogP contribution in [0.2, 0.25) is 0 Å². The van der Waals surface area contributed by atoms with Crippen molar-refractivity contribution in [3.8, 4) is 0 Å². The summed E-state index contributed by atoms with van der Waals surface area (Å²) < 4.78 is 1.25. The van der Waals surface area contributed by atoms with E-state index in [2.05, 4.69) is 48.0 Å². The van der Waals surface area contributed by atoms with E-state index in [0.717, 1.165) is 0 Å². The monoisotopic (exact) mass is 226 g/mol. The molecule has 0 atom stereocenters. The van der Waals surface area contributed by atoms with Crippen molar-refractivity contribution in [2.45, 2.75) is 33.1 Å². The van der Waals surface area contributed by atoms with Gasteiger partial charge in [0.05, 0.1) is 0 Å². The van der Waals surface area contributed by atoms with Crippen LogP contribution in [-0.2, 0) is 6.42 Å². The molecule has 0 nitrogen and oxygen atoms in total. The van der Waals surface area contributed by atoms with Crippen LogP contribution in [0.4, 0.5) is 0 Å². The summed E-state index contributed by atoms with van der Waals surface area (Å²) in [4.78, 5) is 0. The predicted octanol–water partition coefficient (Wildman–Crippen LogP) is 4.10. The molecule has 1 rings (SSSR count). The summed E-state index contributed by atoms with van der Waals surface area (Å²) in [7, 11) is 0. The van der Waals surface area contributed by atoms with Gasteiger partial charge in [-0.15, -0.1) is 0 Å². The molecule has 0 saturated heterocycles. The van der Waals surface area contributed by atoms with Crippen molar-refractivity contribution in [2.24, 2.45) is 0 Å². The van der Waals surface area contributed by atoms with E-state index in [-0.39, 0.29) is 0 Å². The Balaban J connectivity index is 2.75. The van der Waals surface area contributed by atoms with Gasteiger partial charge in [-0.3, -0.25) is 0 Å². The Labute approximate surface area is 83.1 Å². The summed E-state index contributed by atoms with van der Waals surface area (Å²) in [6.07, 6.45) is 3.74. The summed E-state index contributed by atoms with van der Waals surface area (Å²) in [5.74, 6) is 0. The SMILES string of the molecule is CCCCc1cc(C)ccc1Br. The van der Waals surface area contributed by atoms with Crippen LogP contribution in [0.15, 0.2) is 22.7 Å². The Morgan fingerprint density at radius 1 is 1.33 bits per heavy atom. The molecule has 0 aliphatic rings. The molecule has 1 aromatic rings. The lowest BCUT2D eigenvalue weighted by atomic mass is 10.1. The standard InChI is InChI=1S/C11H15Br/c1-3-4-5-10-8-9(2)6-7-11(10)12/h6-8H,3-5H2,1-2H3. The van der Waals surface area contributed by atoms with Crippen molar-refractivity contribution in [3.63, 3.8) is 0 Å². The van der Waals surface area contributed by atoms with Crippen molar-refractivity contribution in [1.82, 2.24) is 0 Å². The number of rotatable bonds is 3. The van der Waals surface area contributed by atoms with E-state index >= 15 is 0 Å². The van der Waals surface area contributed by atoms with Crippen LogP contribution in [0.5, 0.6) is 0 Å². The fraction of sp³-hybridized carbons (Fsp3) is 0.455. The minimum absolute atomic E-state index is 1.19. The minimum Gasteiger partial charge on any atom is -0.0654 e. The van der Waals surface area contributed by atoms with E-state index in [4.69, 9.17) is 0 Å². The molecule has 0 spiro atoms. The first-order valence-electron chi connectivity index (χ1n) is 4.49. The zero-order valence-electron chi connectivity index (χ0n) is 7.73. The van der Waals surface area contributed by atoms with Gasteiger partial charge in [-0.05, 0) is 31.4 Å². The van der Waals surface area contributed by atoms with Crippen LogP contribution in [-0.4, -0.2) is 0 Å². The van der Waals surface area contributed by atoms with Crippen molar-refractivity contribution >= 4 is 15.9 Å². The number of hydrogen-bond acceptors (Lipinski definition) is 0. The molecule has 0 aliphatic heterocycles. The number of halogens is 1. The highest BCUT2D eigenvalue weighted by molar-refractivity contribution is 9.10. The van der Waals surface area contributed by atoms with Crippen LogP contribution in [0, 0.1) is 6.92 Å². The normalized spacial score (nSPS) is 10.2. The Bertz CT molecular complexity index is 253. The van der Waals surface area contributed by atoms with E-state index in [1.165, 1.54) is 34.9 Å². The molecule has 66 valence electrons. The third kappa shape index (κ3) is 2.63. The van der Waals surface area contributed by atoms with Gasteiger partial charge in [0.25, 0.3) is 0 Å². The molecule has 0 saturated carbocycles. The molecule has 0 heterocycles. The molecule has 0 aromatic heterocycles. The Morgan fingerprint density at radius 2 is 2.08 bits per heavy atom. The fourth-order valence-corrected chi connectivity index (χ4v) is 1.71. The van der Waals surface area contributed by atoms with Crippen LogP contribution >= 0.6 is 15.9 Å². The molecule has 0 radical (unpaired) electrons. The Morgan fingerprint density at radius 3 is 2.75 bits per heavy atom. The topological polar surface area (TPSA) is 0 Å². The highest BCUT2D eigenvalue weighted by Crippen LogP contribution is 2.19. The second-order valence-corrected chi connectivity index (χ2v) is 4.05. The molecule has 1 heteroatoms. The number of unbranched alkanes of at least 4 members (excludes halogenated alkanes) is 1. The van der Waals surface area contributed by atoms with Crippen molar-refractivity contribution < 1.29 is 0 Å². The van der Waals surface area contributed by atoms with E-state index in [9.17, 15) is 0 Å². The zero-order chi connectivity index (χ0) is 8.97. The largest absolute Gasteiger partial charge is 0.0654 e. The maximum absolute atomic E-state index is 3.56. The summed E-state index contributed by atoms with van der Waals surface area (Å²) in [5, 5.41) is 0. The van der Waals surface area contributed by atoms with Gasteiger partial charge in [-0.2, -0.15) is 0 Å². The third-order valence-corrected chi connectivity index (χ3v) is 2.77.